The lowest BCUT2D eigenvalue weighted by molar-refractivity contribution is 0.121. The zero-order valence-electron chi connectivity index (χ0n) is 18.2. The largest absolute Gasteiger partial charge is 0.495 e. The van der Waals surface area contributed by atoms with Crippen LogP contribution in [-0.2, 0) is 0 Å². The second-order valence-electron chi connectivity index (χ2n) is 8.62. The predicted molar refractivity (Wildman–Crippen MR) is 124 cm³/mol. The van der Waals surface area contributed by atoms with Crippen molar-refractivity contribution in [2.45, 2.75) is 37.8 Å². The molecule has 2 fully saturated rings. The Morgan fingerprint density at radius 2 is 1.61 bits per heavy atom. The molecule has 1 aliphatic carbocycles. The lowest BCUT2D eigenvalue weighted by Crippen LogP contribution is -2.51. The number of hydrogen-bond acceptors (Lipinski definition) is 5. The van der Waals surface area contributed by atoms with E-state index in [4.69, 9.17) is 4.74 Å². The molecule has 0 bridgehead atoms. The van der Waals surface area contributed by atoms with Crippen molar-refractivity contribution in [2.24, 2.45) is 0 Å². The van der Waals surface area contributed by atoms with Crippen molar-refractivity contribution in [3.05, 3.63) is 60.8 Å². The fourth-order valence-corrected chi connectivity index (χ4v) is 5.13. The predicted octanol–water partition coefficient (Wildman–Crippen LogP) is 4.26. The number of aromatic nitrogens is 3. The van der Waals surface area contributed by atoms with Crippen LogP contribution in [0.25, 0.3) is 11.3 Å². The fourth-order valence-electron chi connectivity index (χ4n) is 5.13. The van der Waals surface area contributed by atoms with E-state index in [-0.39, 0.29) is 0 Å². The summed E-state index contributed by atoms with van der Waals surface area (Å²) in [4.78, 5) is 5.15. The maximum Gasteiger partial charge on any atom is 0.142 e. The minimum atomic E-state index is 0.441. The average molecular weight is 418 g/mol. The highest BCUT2D eigenvalue weighted by Crippen LogP contribution is 2.33. The van der Waals surface area contributed by atoms with Crippen molar-refractivity contribution in [3.63, 3.8) is 0 Å². The molecule has 0 radical (unpaired) electrons. The molecule has 3 aromatic rings. The van der Waals surface area contributed by atoms with Crippen LogP contribution in [0.4, 0.5) is 5.69 Å². The van der Waals surface area contributed by atoms with Crippen molar-refractivity contribution in [1.29, 1.82) is 0 Å². The van der Waals surface area contributed by atoms with Gasteiger partial charge in [0.1, 0.15) is 11.4 Å². The monoisotopic (exact) mass is 417 g/mol. The lowest BCUT2D eigenvalue weighted by Gasteiger charge is -2.43. The Balaban J connectivity index is 1.21. The smallest absolute Gasteiger partial charge is 0.142 e. The van der Waals surface area contributed by atoms with E-state index in [1.807, 2.05) is 12.1 Å². The second kappa shape index (κ2) is 9.10. The summed E-state index contributed by atoms with van der Waals surface area (Å²) < 4.78 is 7.68. The molecule has 0 spiro atoms. The van der Waals surface area contributed by atoms with Gasteiger partial charge >= 0.3 is 0 Å². The Morgan fingerprint density at radius 1 is 0.871 bits per heavy atom. The van der Waals surface area contributed by atoms with Gasteiger partial charge in [-0.2, -0.15) is 0 Å². The van der Waals surface area contributed by atoms with Crippen molar-refractivity contribution in [1.82, 2.24) is 19.9 Å². The summed E-state index contributed by atoms with van der Waals surface area (Å²) in [5.41, 5.74) is 3.31. The molecule has 1 aromatic heterocycles. The number of ether oxygens (including phenoxy) is 1. The molecule has 1 aliphatic heterocycles. The van der Waals surface area contributed by atoms with E-state index >= 15 is 0 Å². The van der Waals surface area contributed by atoms with E-state index < -0.39 is 0 Å². The van der Waals surface area contributed by atoms with Crippen LogP contribution in [0, 0.1) is 0 Å². The van der Waals surface area contributed by atoms with Gasteiger partial charge in [-0.05, 0) is 37.8 Å². The van der Waals surface area contributed by atoms with Gasteiger partial charge < -0.3 is 9.64 Å². The van der Waals surface area contributed by atoms with Crippen LogP contribution in [0.15, 0.2) is 60.8 Å². The summed E-state index contributed by atoms with van der Waals surface area (Å²) in [6, 6.07) is 19.7. The Bertz CT molecular complexity index is 980. The minimum absolute atomic E-state index is 0.441. The van der Waals surface area contributed by atoms with Crippen LogP contribution in [0.1, 0.15) is 31.7 Å². The first kappa shape index (κ1) is 20.1. The van der Waals surface area contributed by atoms with Crippen LogP contribution in [0.3, 0.4) is 0 Å². The number of nitrogens with zero attached hydrogens (tertiary/aromatic N) is 5. The molecule has 2 heterocycles. The zero-order chi connectivity index (χ0) is 21.0. The van der Waals surface area contributed by atoms with Gasteiger partial charge in [0.05, 0.1) is 25.0 Å². The van der Waals surface area contributed by atoms with Crippen LogP contribution < -0.4 is 9.64 Å². The molecule has 2 aromatic carbocycles. The van der Waals surface area contributed by atoms with E-state index in [0.717, 1.165) is 49.6 Å². The van der Waals surface area contributed by atoms with Crippen molar-refractivity contribution in [3.8, 4) is 17.0 Å². The Labute approximate surface area is 184 Å². The Kier molecular flexibility index (Phi) is 5.89. The normalized spacial score (nSPS) is 22.4. The van der Waals surface area contributed by atoms with Gasteiger partial charge in [-0.3, -0.25) is 4.90 Å². The highest BCUT2D eigenvalue weighted by molar-refractivity contribution is 5.59. The van der Waals surface area contributed by atoms with Crippen LogP contribution >= 0.6 is 0 Å². The summed E-state index contributed by atoms with van der Waals surface area (Å²) in [5.74, 6) is 0.967. The molecule has 1 saturated carbocycles. The first-order valence-corrected chi connectivity index (χ1v) is 11.4. The van der Waals surface area contributed by atoms with Crippen LogP contribution in [0.5, 0.6) is 5.75 Å². The van der Waals surface area contributed by atoms with E-state index in [0.29, 0.717) is 12.1 Å². The maximum absolute atomic E-state index is 5.57. The molecule has 1 saturated heterocycles. The molecule has 0 N–H and O–H groups in total. The molecule has 31 heavy (non-hydrogen) atoms. The van der Waals surface area contributed by atoms with E-state index in [2.05, 4.69) is 73.5 Å². The summed E-state index contributed by atoms with van der Waals surface area (Å²) in [6.07, 6.45) is 7.01. The summed E-state index contributed by atoms with van der Waals surface area (Å²) >= 11 is 0. The van der Waals surface area contributed by atoms with Crippen molar-refractivity contribution >= 4 is 5.69 Å². The first-order chi connectivity index (χ1) is 15.3. The number of methoxy groups -OCH3 is 1. The standard InChI is InChI=1S/C25H31N5O/c1-31-25-13-6-5-12-24(25)29-16-14-28(15-17-29)21-10-7-11-22(18-21)30-19-23(26-27-30)20-8-3-2-4-9-20/h2-6,8-9,12-13,19,21-22H,7,10-11,14-18H2,1H3. The third-order valence-electron chi connectivity index (χ3n) is 6.83. The number of hydrogen-bond donors (Lipinski definition) is 0. The van der Waals surface area contributed by atoms with E-state index in [1.54, 1.807) is 7.11 Å². The maximum atomic E-state index is 5.57. The third-order valence-corrected chi connectivity index (χ3v) is 6.83. The SMILES string of the molecule is COc1ccccc1N1CCN(C2CCCC(n3cc(-c4ccccc4)nn3)C2)CC1. The number of anilines is 1. The molecule has 6 heteroatoms. The molecule has 6 nitrogen and oxygen atoms in total. The van der Waals surface area contributed by atoms with Gasteiger partial charge in [0.25, 0.3) is 0 Å². The molecular weight excluding hydrogens is 386 g/mol. The number of benzene rings is 2. The zero-order valence-corrected chi connectivity index (χ0v) is 18.2. The summed E-state index contributed by atoms with van der Waals surface area (Å²) in [5, 5.41) is 8.93. The second-order valence-corrected chi connectivity index (χ2v) is 8.62. The quantitative estimate of drug-likeness (QED) is 0.621. The molecular formula is C25H31N5O. The summed E-state index contributed by atoms with van der Waals surface area (Å²) in [6.45, 7) is 4.29. The highest BCUT2D eigenvalue weighted by atomic mass is 16.5. The number of para-hydroxylation sites is 2. The van der Waals surface area contributed by atoms with Crippen molar-refractivity contribution in [2.75, 3.05) is 38.2 Å². The first-order valence-electron chi connectivity index (χ1n) is 11.4. The van der Waals surface area contributed by atoms with E-state index in [9.17, 15) is 0 Å². The van der Waals surface area contributed by atoms with Gasteiger partial charge in [0.15, 0.2) is 0 Å². The van der Waals surface area contributed by atoms with Gasteiger partial charge in [-0.15, -0.1) is 5.10 Å². The molecule has 2 atom stereocenters. The molecule has 2 unspecified atom stereocenters. The minimum Gasteiger partial charge on any atom is -0.495 e. The number of piperazine rings is 1. The third kappa shape index (κ3) is 4.30. The molecule has 5 rings (SSSR count). The van der Waals surface area contributed by atoms with Gasteiger partial charge in [0.2, 0.25) is 0 Å². The molecule has 0 amide bonds. The lowest BCUT2D eigenvalue weighted by atomic mass is 9.89. The highest BCUT2D eigenvalue weighted by Gasteiger charge is 2.31. The van der Waals surface area contributed by atoms with E-state index in [1.165, 1.54) is 24.9 Å². The Hall–Kier alpha value is -2.86. The topological polar surface area (TPSA) is 46.4 Å². The average Bonchev–Trinajstić information content (AvgIpc) is 3.35. The summed E-state index contributed by atoms with van der Waals surface area (Å²) in [7, 11) is 1.75. The van der Waals surface area contributed by atoms with Crippen LogP contribution in [0.2, 0.25) is 0 Å². The van der Waals surface area contributed by atoms with Gasteiger partial charge in [0, 0.05) is 37.8 Å². The fraction of sp³-hybridized carbons (Fsp3) is 0.440. The molecule has 162 valence electrons. The van der Waals surface area contributed by atoms with Gasteiger partial charge in [-0.1, -0.05) is 47.7 Å². The van der Waals surface area contributed by atoms with Crippen molar-refractivity contribution < 1.29 is 4.74 Å². The number of rotatable bonds is 5. The Morgan fingerprint density at radius 3 is 2.42 bits per heavy atom. The molecule has 2 aliphatic rings. The van der Waals surface area contributed by atoms with Crippen LogP contribution in [-0.4, -0.2) is 59.2 Å². The van der Waals surface area contributed by atoms with Gasteiger partial charge in [-0.25, -0.2) is 4.68 Å².